The zero-order valence-corrected chi connectivity index (χ0v) is 33.9. The zero-order valence-electron chi connectivity index (χ0n) is 32.1. The topological polar surface area (TPSA) is 38.7 Å². The van der Waals surface area contributed by atoms with E-state index in [1.165, 1.54) is 58.4 Å². The van der Waals surface area contributed by atoms with Crippen molar-refractivity contribution in [3.63, 3.8) is 0 Å². The first-order valence-corrected chi connectivity index (χ1v) is 23.7. The third kappa shape index (κ3) is 6.65. The molecule has 5 heteroatoms. The Morgan fingerprint density at radius 1 is 0.333 bits per heavy atom. The standard InChI is InChI=1S/C52H39N3SSi/c1-57(2,3)49-29-28-42(43-22-7-8-24-46(43)49)39-20-12-18-37(31-39)35-16-11-17-36(30-35)38-19-13-21-40(32-38)51-53-50(34-14-5-4-6-15-34)54-52(55-51)41-26-27-45-44-23-9-10-25-47(44)56-48(45)33-41/h4-33H,1-3H3. The molecule has 0 bridgehead atoms. The van der Waals surface area contributed by atoms with Gasteiger partial charge in [-0.1, -0.05) is 176 Å². The molecule has 0 radical (unpaired) electrons. The fourth-order valence-corrected chi connectivity index (χ4v) is 10.8. The Morgan fingerprint density at radius 2 is 0.807 bits per heavy atom. The second-order valence-electron chi connectivity index (χ2n) is 15.7. The number of hydrogen-bond donors (Lipinski definition) is 0. The molecule has 0 saturated heterocycles. The van der Waals surface area contributed by atoms with E-state index in [0.29, 0.717) is 17.5 Å². The maximum absolute atomic E-state index is 5.12. The van der Waals surface area contributed by atoms with Crippen LogP contribution in [0.4, 0.5) is 0 Å². The highest BCUT2D eigenvalue weighted by molar-refractivity contribution is 7.25. The van der Waals surface area contributed by atoms with Crippen molar-refractivity contribution in [1.29, 1.82) is 0 Å². The van der Waals surface area contributed by atoms with Gasteiger partial charge in [0, 0.05) is 36.9 Å². The summed E-state index contributed by atoms with van der Waals surface area (Å²) in [6, 6.07) is 65.3. The molecule has 10 rings (SSSR count). The van der Waals surface area contributed by atoms with E-state index >= 15 is 0 Å². The zero-order chi connectivity index (χ0) is 38.5. The molecule has 0 aliphatic carbocycles. The predicted molar refractivity (Wildman–Crippen MR) is 246 cm³/mol. The van der Waals surface area contributed by atoms with Crippen LogP contribution in [0.5, 0.6) is 0 Å². The van der Waals surface area contributed by atoms with E-state index in [1.54, 1.807) is 11.3 Å². The van der Waals surface area contributed by atoms with Gasteiger partial charge in [0.15, 0.2) is 17.5 Å². The van der Waals surface area contributed by atoms with E-state index in [0.717, 1.165) is 27.8 Å². The second-order valence-corrected chi connectivity index (χ2v) is 21.8. The molecule has 57 heavy (non-hydrogen) atoms. The van der Waals surface area contributed by atoms with Crippen molar-refractivity contribution in [3.05, 3.63) is 182 Å². The third-order valence-corrected chi connectivity index (χ3v) is 14.0. The molecule has 2 heterocycles. The largest absolute Gasteiger partial charge is 0.208 e. The minimum atomic E-state index is -1.51. The highest BCUT2D eigenvalue weighted by atomic mass is 32.1. The Labute approximate surface area is 338 Å². The van der Waals surface area contributed by atoms with Crippen molar-refractivity contribution in [1.82, 2.24) is 15.0 Å². The van der Waals surface area contributed by atoms with Crippen LogP contribution in [0.1, 0.15) is 0 Å². The monoisotopic (exact) mass is 765 g/mol. The number of aromatic nitrogens is 3. The molecule has 0 N–H and O–H groups in total. The number of hydrogen-bond acceptors (Lipinski definition) is 4. The summed E-state index contributed by atoms with van der Waals surface area (Å²) in [5.74, 6) is 1.96. The summed E-state index contributed by atoms with van der Waals surface area (Å²) >= 11 is 1.80. The Morgan fingerprint density at radius 3 is 1.47 bits per heavy atom. The average molecular weight is 766 g/mol. The first-order chi connectivity index (χ1) is 27.9. The van der Waals surface area contributed by atoms with Crippen LogP contribution in [0.3, 0.4) is 0 Å². The Hall–Kier alpha value is -6.53. The molecule has 0 fully saturated rings. The van der Waals surface area contributed by atoms with Crippen molar-refractivity contribution >= 4 is 55.5 Å². The minimum absolute atomic E-state index is 0.647. The van der Waals surface area contributed by atoms with Crippen LogP contribution in [-0.4, -0.2) is 23.0 Å². The van der Waals surface area contributed by atoms with Crippen LogP contribution in [0.2, 0.25) is 19.6 Å². The van der Waals surface area contributed by atoms with Gasteiger partial charge >= 0.3 is 0 Å². The third-order valence-electron chi connectivity index (χ3n) is 10.9. The number of thiophene rings is 1. The average Bonchev–Trinajstić information content (AvgIpc) is 3.64. The molecule has 0 atom stereocenters. The molecule has 8 aromatic carbocycles. The molecule has 0 spiro atoms. The smallest absolute Gasteiger partial charge is 0.164 e. The van der Waals surface area contributed by atoms with Crippen LogP contribution in [0.25, 0.3) is 98.5 Å². The molecule has 0 aliphatic rings. The van der Waals surface area contributed by atoms with Gasteiger partial charge in [0.1, 0.15) is 0 Å². The predicted octanol–water partition coefficient (Wildman–Crippen LogP) is 13.9. The maximum atomic E-state index is 5.12. The number of fused-ring (bicyclic) bond motifs is 4. The van der Waals surface area contributed by atoms with Crippen LogP contribution in [-0.2, 0) is 0 Å². The summed E-state index contributed by atoms with van der Waals surface area (Å²) in [6.07, 6.45) is 0. The Bertz CT molecular complexity index is 3120. The molecule has 0 unspecified atom stereocenters. The molecule has 272 valence electrons. The summed E-state index contributed by atoms with van der Waals surface area (Å²) in [5.41, 5.74) is 9.97. The van der Waals surface area contributed by atoms with Crippen LogP contribution >= 0.6 is 11.3 Å². The van der Waals surface area contributed by atoms with E-state index < -0.39 is 8.07 Å². The van der Waals surface area contributed by atoms with E-state index in [1.807, 2.05) is 18.2 Å². The van der Waals surface area contributed by atoms with Gasteiger partial charge in [-0.25, -0.2) is 15.0 Å². The lowest BCUT2D eigenvalue weighted by Gasteiger charge is -2.21. The first kappa shape index (κ1) is 34.9. The van der Waals surface area contributed by atoms with Crippen LogP contribution < -0.4 is 5.19 Å². The van der Waals surface area contributed by atoms with Gasteiger partial charge in [-0.3, -0.25) is 0 Å². The normalized spacial score (nSPS) is 11.8. The van der Waals surface area contributed by atoms with Gasteiger partial charge in [-0.2, -0.15) is 0 Å². The lowest BCUT2D eigenvalue weighted by molar-refractivity contribution is 1.07. The molecule has 0 aliphatic heterocycles. The van der Waals surface area contributed by atoms with Crippen molar-refractivity contribution in [2.45, 2.75) is 19.6 Å². The summed E-state index contributed by atoms with van der Waals surface area (Å²) in [4.78, 5) is 15.2. The number of benzene rings is 8. The van der Waals surface area contributed by atoms with Crippen molar-refractivity contribution in [2.24, 2.45) is 0 Å². The lowest BCUT2D eigenvalue weighted by atomic mass is 9.94. The summed E-state index contributed by atoms with van der Waals surface area (Å²) in [7, 11) is -1.51. The van der Waals surface area contributed by atoms with E-state index in [-0.39, 0.29) is 0 Å². The quantitative estimate of drug-likeness (QED) is 0.152. The van der Waals surface area contributed by atoms with E-state index in [4.69, 9.17) is 15.0 Å². The summed E-state index contributed by atoms with van der Waals surface area (Å²) < 4.78 is 2.50. The van der Waals surface area contributed by atoms with Gasteiger partial charge in [0.2, 0.25) is 0 Å². The number of rotatable bonds is 7. The van der Waals surface area contributed by atoms with Crippen molar-refractivity contribution in [3.8, 4) is 67.5 Å². The number of nitrogens with zero attached hydrogens (tertiary/aromatic N) is 3. The summed E-state index contributed by atoms with van der Waals surface area (Å²) in [5, 5.41) is 6.73. The molecule has 0 saturated carbocycles. The Balaban J connectivity index is 1.02. The van der Waals surface area contributed by atoms with E-state index in [9.17, 15) is 0 Å². The molecule has 2 aromatic heterocycles. The van der Waals surface area contributed by atoms with Crippen molar-refractivity contribution in [2.75, 3.05) is 0 Å². The van der Waals surface area contributed by atoms with Gasteiger partial charge in [-0.05, 0) is 74.5 Å². The van der Waals surface area contributed by atoms with Gasteiger partial charge in [-0.15, -0.1) is 11.3 Å². The first-order valence-electron chi connectivity index (χ1n) is 19.4. The van der Waals surface area contributed by atoms with E-state index in [2.05, 4.69) is 183 Å². The Kier molecular flexibility index (Phi) is 8.70. The van der Waals surface area contributed by atoms with Crippen LogP contribution in [0, 0.1) is 0 Å². The molecular formula is C52H39N3SSi. The second kappa shape index (κ2) is 14.2. The highest BCUT2D eigenvalue weighted by Gasteiger charge is 2.21. The van der Waals surface area contributed by atoms with Gasteiger partial charge < -0.3 is 0 Å². The molecule has 0 amide bonds. The lowest BCUT2D eigenvalue weighted by Crippen LogP contribution is -2.38. The molecule has 3 nitrogen and oxygen atoms in total. The summed E-state index contributed by atoms with van der Waals surface area (Å²) in [6.45, 7) is 7.28. The van der Waals surface area contributed by atoms with Gasteiger partial charge in [0.25, 0.3) is 0 Å². The van der Waals surface area contributed by atoms with Crippen molar-refractivity contribution < 1.29 is 0 Å². The highest BCUT2D eigenvalue weighted by Crippen LogP contribution is 2.37. The van der Waals surface area contributed by atoms with Gasteiger partial charge in [0.05, 0.1) is 8.07 Å². The molecular weight excluding hydrogens is 727 g/mol. The fraction of sp³-hybridized carbons (Fsp3) is 0.0577. The fourth-order valence-electron chi connectivity index (χ4n) is 8.00. The molecule has 10 aromatic rings. The van der Waals surface area contributed by atoms with Crippen LogP contribution in [0.15, 0.2) is 182 Å². The minimum Gasteiger partial charge on any atom is -0.208 e. The SMILES string of the molecule is C[Si](C)(C)c1ccc(-c2cccc(-c3cccc(-c4cccc(-c5nc(-c6ccccc6)nc(-c6ccc7c(c6)sc6ccccc67)n5)c4)c3)c2)c2ccccc12. The maximum Gasteiger partial charge on any atom is 0.164 e.